The Balaban J connectivity index is 1.79. The number of hydrogen-bond donors (Lipinski definition) is 0. The van der Waals surface area contributed by atoms with Crippen LogP contribution in [0.15, 0.2) is 42.6 Å². The van der Waals surface area contributed by atoms with Gasteiger partial charge in [-0.25, -0.2) is 9.97 Å². The fourth-order valence-electron chi connectivity index (χ4n) is 1.74. The SMILES string of the molecule is O=C(CSCCC(F)(F)F)OCc1ccnc(-c2ccccc2)n1. The van der Waals surface area contributed by atoms with E-state index in [2.05, 4.69) is 9.97 Å². The number of hydrogen-bond acceptors (Lipinski definition) is 5. The highest BCUT2D eigenvalue weighted by molar-refractivity contribution is 7.99. The third kappa shape index (κ3) is 6.57. The molecule has 0 spiro atoms. The highest BCUT2D eigenvalue weighted by Gasteiger charge is 2.26. The van der Waals surface area contributed by atoms with E-state index in [4.69, 9.17) is 4.74 Å². The molecule has 2 rings (SSSR count). The number of nitrogens with zero attached hydrogens (tertiary/aromatic N) is 2. The summed E-state index contributed by atoms with van der Waals surface area (Å²) in [5.74, 6) is -0.331. The van der Waals surface area contributed by atoms with Crippen molar-refractivity contribution in [3.05, 3.63) is 48.3 Å². The molecule has 0 aliphatic heterocycles. The molecule has 2 aromatic rings. The lowest BCUT2D eigenvalue weighted by molar-refractivity contribution is -0.142. The summed E-state index contributed by atoms with van der Waals surface area (Å²) < 4.78 is 41.0. The van der Waals surface area contributed by atoms with Crippen LogP contribution in [0.5, 0.6) is 0 Å². The monoisotopic (exact) mass is 356 g/mol. The topological polar surface area (TPSA) is 52.1 Å². The minimum absolute atomic E-state index is 0.0407. The molecule has 4 nitrogen and oxygen atoms in total. The van der Waals surface area contributed by atoms with Crippen LogP contribution in [0.1, 0.15) is 12.1 Å². The normalized spacial score (nSPS) is 11.3. The summed E-state index contributed by atoms with van der Waals surface area (Å²) in [5.41, 5.74) is 1.37. The van der Waals surface area contributed by atoms with Gasteiger partial charge in [-0.3, -0.25) is 4.79 Å². The average molecular weight is 356 g/mol. The van der Waals surface area contributed by atoms with E-state index in [1.807, 2.05) is 30.3 Å². The molecule has 0 radical (unpaired) electrons. The zero-order chi connectivity index (χ0) is 17.4. The smallest absolute Gasteiger partial charge is 0.389 e. The molecule has 0 fully saturated rings. The molecule has 128 valence electrons. The summed E-state index contributed by atoms with van der Waals surface area (Å²) in [7, 11) is 0. The summed E-state index contributed by atoms with van der Waals surface area (Å²) in [5, 5.41) is 0. The molecule has 0 amide bonds. The van der Waals surface area contributed by atoms with Crippen LogP contribution in [-0.4, -0.2) is 33.6 Å². The summed E-state index contributed by atoms with van der Waals surface area (Å²) in [6.45, 7) is -0.0407. The van der Waals surface area contributed by atoms with E-state index < -0.39 is 18.6 Å². The highest BCUT2D eigenvalue weighted by atomic mass is 32.2. The molecule has 0 unspecified atom stereocenters. The zero-order valence-electron chi connectivity index (χ0n) is 12.6. The number of carbonyl (C=O) groups excluding carboxylic acids is 1. The third-order valence-electron chi connectivity index (χ3n) is 2.88. The Labute approximate surface area is 141 Å². The Kier molecular flexibility index (Phi) is 6.60. The van der Waals surface area contributed by atoms with Crippen LogP contribution in [0.2, 0.25) is 0 Å². The quantitative estimate of drug-likeness (QED) is 0.557. The van der Waals surface area contributed by atoms with Gasteiger partial charge in [-0.15, -0.1) is 11.8 Å². The molecule has 0 saturated carbocycles. The fraction of sp³-hybridized carbons (Fsp3) is 0.312. The Morgan fingerprint density at radius 3 is 2.62 bits per heavy atom. The first-order valence-electron chi connectivity index (χ1n) is 7.11. The van der Waals surface area contributed by atoms with Crippen molar-refractivity contribution in [1.29, 1.82) is 0 Å². The van der Waals surface area contributed by atoms with Gasteiger partial charge >= 0.3 is 12.1 Å². The maximum absolute atomic E-state index is 12.0. The van der Waals surface area contributed by atoms with E-state index in [-0.39, 0.29) is 18.1 Å². The number of rotatable bonds is 7. The van der Waals surface area contributed by atoms with Crippen molar-refractivity contribution in [2.45, 2.75) is 19.2 Å². The van der Waals surface area contributed by atoms with E-state index >= 15 is 0 Å². The summed E-state index contributed by atoms with van der Waals surface area (Å²) in [6.07, 6.45) is -3.56. The molecule has 0 aliphatic rings. The molecule has 0 atom stereocenters. The van der Waals surface area contributed by atoms with Gasteiger partial charge in [-0.2, -0.15) is 13.2 Å². The van der Waals surface area contributed by atoms with Crippen molar-refractivity contribution >= 4 is 17.7 Å². The van der Waals surface area contributed by atoms with Crippen LogP contribution in [0, 0.1) is 0 Å². The predicted molar refractivity (Wildman–Crippen MR) is 85.3 cm³/mol. The molecule has 0 saturated heterocycles. The second kappa shape index (κ2) is 8.68. The van der Waals surface area contributed by atoms with Crippen molar-refractivity contribution < 1.29 is 22.7 Å². The van der Waals surface area contributed by atoms with Crippen molar-refractivity contribution in [3.8, 4) is 11.4 Å². The molecular weight excluding hydrogens is 341 g/mol. The number of esters is 1. The number of ether oxygens (including phenoxy) is 1. The average Bonchev–Trinajstić information content (AvgIpc) is 2.57. The van der Waals surface area contributed by atoms with E-state index in [9.17, 15) is 18.0 Å². The molecular formula is C16H15F3N2O2S. The maximum Gasteiger partial charge on any atom is 0.389 e. The van der Waals surface area contributed by atoms with E-state index in [1.54, 1.807) is 12.3 Å². The maximum atomic E-state index is 12.0. The number of alkyl halides is 3. The van der Waals surface area contributed by atoms with Gasteiger partial charge in [0.2, 0.25) is 0 Å². The number of halogens is 3. The first kappa shape index (κ1) is 18.3. The number of thioether (sulfide) groups is 1. The van der Waals surface area contributed by atoms with Crippen LogP contribution in [0.4, 0.5) is 13.2 Å². The van der Waals surface area contributed by atoms with E-state index in [0.29, 0.717) is 11.5 Å². The lowest BCUT2D eigenvalue weighted by Gasteiger charge is -2.07. The second-order valence-electron chi connectivity index (χ2n) is 4.82. The minimum atomic E-state index is -4.20. The fourth-order valence-corrected chi connectivity index (χ4v) is 2.51. The molecule has 0 aliphatic carbocycles. The first-order chi connectivity index (χ1) is 11.4. The van der Waals surface area contributed by atoms with Gasteiger partial charge in [-0.05, 0) is 6.07 Å². The highest BCUT2D eigenvalue weighted by Crippen LogP contribution is 2.22. The van der Waals surface area contributed by atoms with Crippen molar-refractivity contribution in [2.75, 3.05) is 11.5 Å². The Bertz CT molecular complexity index is 666. The first-order valence-corrected chi connectivity index (χ1v) is 8.27. The summed E-state index contributed by atoms with van der Waals surface area (Å²) in [6, 6.07) is 11.0. The second-order valence-corrected chi connectivity index (χ2v) is 5.92. The van der Waals surface area contributed by atoms with Gasteiger partial charge < -0.3 is 4.74 Å². The van der Waals surface area contributed by atoms with Gasteiger partial charge in [0.25, 0.3) is 0 Å². The van der Waals surface area contributed by atoms with E-state index in [1.165, 1.54) is 0 Å². The Hall–Kier alpha value is -2.09. The number of benzene rings is 1. The molecule has 1 aromatic heterocycles. The molecule has 0 bridgehead atoms. The molecule has 24 heavy (non-hydrogen) atoms. The molecule has 1 heterocycles. The largest absolute Gasteiger partial charge is 0.459 e. The lowest BCUT2D eigenvalue weighted by atomic mass is 10.2. The van der Waals surface area contributed by atoms with Gasteiger partial charge in [0.15, 0.2) is 5.82 Å². The van der Waals surface area contributed by atoms with Gasteiger partial charge in [0, 0.05) is 17.5 Å². The van der Waals surface area contributed by atoms with Crippen LogP contribution in [-0.2, 0) is 16.1 Å². The Morgan fingerprint density at radius 1 is 1.17 bits per heavy atom. The van der Waals surface area contributed by atoms with Crippen LogP contribution in [0.3, 0.4) is 0 Å². The molecule has 0 N–H and O–H groups in total. The predicted octanol–water partition coefficient (Wildman–Crippen LogP) is 3.87. The van der Waals surface area contributed by atoms with Crippen molar-refractivity contribution in [3.63, 3.8) is 0 Å². The molecule has 1 aromatic carbocycles. The van der Waals surface area contributed by atoms with E-state index in [0.717, 1.165) is 17.3 Å². The lowest BCUT2D eigenvalue weighted by Crippen LogP contribution is -2.11. The van der Waals surface area contributed by atoms with Crippen LogP contribution in [0.25, 0.3) is 11.4 Å². The van der Waals surface area contributed by atoms with Crippen molar-refractivity contribution in [2.24, 2.45) is 0 Å². The minimum Gasteiger partial charge on any atom is -0.459 e. The van der Waals surface area contributed by atoms with Crippen LogP contribution < -0.4 is 0 Å². The van der Waals surface area contributed by atoms with Crippen molar-refractivity contribution in [1.82, 2.24) is 9.97 Å². The molecule has 8 heteroatoms. The van der Waals surface area contributed by atoms with Gasteiger partial charge in [0.1, 0.15) is 6.61 Å². The van der Waals surface area contributed by atoms with Gasteiger partial charge in [0.05, 0.1) is 17.9 Å². The third-order valence-corrected chi connectivity index (χ3v) is 3.81. The number of carbonyl (C=O) groups is 1. The summed E-state index contributed by atoms with van der Waals surface area (Å²) >= 11 is 0.896. The standard InChI is InChI=1S/C16H15F3N2O2S/c17-16(18,19)7-9-24-11-14(22)23-10-13-6-8-20-15(21-13)12-4-2-1-3-5-12/h1-6,8H,7,9-11H2. The summed E-state index contributed by atoms with van der Waals surface area (Å²) in [4.78, 5) is 20.0. The van der Waals surface area contributed by atoms with Crippen LogP contribution >= 0.6 is 11.8 Å². The zero-order valence-corrected chi connectivity index (χ0v) is 13.4. The Morgan fingerprint density at radius 2 is 1.92 bits per heavy atom. The number of aromatic nitrogens is 2. The van der Waals surface area contributed by atoms with Gasteiger partial charge in [-0.1, -0.05) is 30.3 Å².